The van der Waals surface area contributed by atoms with E-state index in [0.717, 1.165) is 37.6 Å². The number of ether oxygens (including phenoxy) is 2. The van der Waals surface area contributed by atoms with Crippen molar-refractivity contribution in [2.45, 2.75) is 39.2 Å². The van der Waals surface area contributed by atoms with Crippen LogP contribution >= 0.6 is 0 Å². The molecule has 1 fully saturated rings. The van der Waals surface area contributed by atoms with Gasteiger partial charge in [-0.05, 0) is 49.3 Å². The van der Waals surface area contributed by atoms with E-state index in [9.17, 15) is 4.39 Å². The van der Waals surface area contributed by atoms with Crippen molar-refractivity contribution in [1.29, 1.82) is 0 Å². The van der Waals surface area contributed by atoms with Crippen LogP contribution in [0.3, 0.4) is 0 Å². The molecule has 7 heteroatoms. The van der Waals surface area contributed by atoms with Gasteiger partial charge in [-0.25, -0.2) is 14.4 Å². The maximum Gasteiger partial charge on any atom is 0.219 e. The Morgan fingerprint density at radius 3 is 2.73 bits per heavy atom. The summed E-state index contributed by atoms with van der Waals surface area (Å²) in [7, 11) is 1.76. The van der Waals surface area contributed by atoms with E-state index in [0.29, 0.717) is 23.6 Å². The number of pyridine rings is 1. The molecule has 6 nitrogen and oxygen atoms in total. The van der Waals surface area contributed by atoms with Gasteiger partial charge in [-0.2, -0.15) is 0 Å². The van der Waals surface area contributed by atoms with Crippen LogP contribution in [0.25, 0.3) is 0 Å². The summed E-state index contributed by atoms with van der Waals surface area (Å²) in [5.41, 5.74) is 1.29. The molecule has 2 N–H and O–H groups in total. The molecule has 0 amide bonds. The van der Waals surface area contributed by atoms with Crippen LogP contribution in [-0.4, -0.2) is 37.7 Å². The molecular weight excluding hydrogens is 383 g/mol. The van der Waals surface area contributed by atoms with E-state index in [1.807, 2.05) is 6.07 Å². The quantitative estimate of drug-likeness (QED) is 0.449. The van der Waals surface area contributed by atoms with Crippen molar-refractivity contribution in [3.63, 3.8) is 0 Å². The molecular formula is C23H31FN4O2. The van der Waals surface area contributed by atoms with Crippen molar-refractivity contribution in [1.82, 2.24) is 15.6 Å². The minimum Gasteiger partial charge on any atom is -0.439 e. The van der Waals surface area contributed by atoms with Crippen LogP contribution in [0.4, 0.5) is 4.39 Å². The number of aliphatic imine (C=N–C) groups is 1. The molecule has 0 radical (unpaired) electrons. The van der Waals surface area contributed by atoms with E-state index < -0.39 is 0 Å². The van der Waals surface area contributed by atoms with Gasteiger partial charge in [-0.3, -0.25) is 0 Å². The molecule has 1 heterocycles. The zero-order valence-electron chi connectivity index (χ0n) is 17.8. The molecule has 30 heavy (non-hydrogen) atoms. The molecule has 3 rings (SSSR count). The summed E-state index contributed by atoms with van der Waals surface area (Å²) < 4.78 is 24.1. The van der Waals surface area contributed by atoms with E-state index >= 15 is 0 Å². The number of halogens is 1. The van der Waals surface area contributed by atoms with Crippen LogP contribution in [-0.2, 0) is 11.3 Å². The third-order valence-corrected chi connectivity index (χ3v) is 5.46. The van der Waals surface area contributed by atoms with Crippen molar-refractivity contribution in [2.75, 3.05) is 26.8 Å². The summed E-state index contributed by atoms with van der Waals surface area (Å²) in [4.78, 5) is 8.98. The van der Waals surface area contributed by atoms with Crippen molar-refractivity contribution < 1.29 is 13.9 Å². The lowest BCUT2D eigenvalue weighted by Gasteiger charge is -2.42. The molecule has 0 unspecified atom stereocenters. The fourth-order valence-electron chi connectivity index (χ4n) is 3.51. The Labute approximate surface area is 177 Å². The van der Waals surface area contributed by atoms with E-state index in [2.05, 4.69) is 27.5 Å². The lowest BCUT2D eigenvalue weighted by atomic mass is 9.67. The van der Waals surface area contributed by atoms with Crippen molar-refractivity contribution in [3.8, 4) is 11.6 Å². The van der Waals surface area contributed by atoms with Gasteiger partial charge in [-0.15, -0.1) is 0 Å². The van der Waals surface area contributed by atoms with Crippen LogP contribution in [0.5, 0.6) is 11.6 Å². The number of nitrogens with one attached hydrogen (secondary N) is 2. The summed E-state index contributed by atoms with van der Waals surface area (Å²) in [6.45, 7) is 5.07. The van der Waals surface area contributed by atoms with Gasteiger partial charge < -0.3 is 20.1 Å². The van der Waals surface area contributed by atoms with Crippen LogP contribution in [0, 0.1) is 11.2 Å². The van der Waals surface area contributed by atoms with E-state index in [1.165, 1.54) is 31.4 Å². The van der Waals surface area contributed by atoms with Gasteiger partial charge in [-0.1, -0.05) is 18.6 Å². The van der Waals surface area contributed by atoms with Gasteiger partial charge in [0.25, 0.3) is 0 Å². The molecule has 2 aromatic rings. The van der Waals surface area contributed by atoms with Gasteiger partial charge in [0.15, 0.2) is 5.96 Å². The Morgan fingerprint density at radius 2 is 2.10 bits per heavy atom. The second-order valence-corrected chi connectivity index (χ2v) is 7.71. The SMILES string of the molecule is CCNC(=NCc1ccc(Oc2cccc(F)c2)nc1)NCC1(CCOC)CCC1. The van der Waals surface area contributed by atoms with Crippen molar-refractivity contribution >= 4 is 5.96 Å². The minimum atomic E-state index is -0.340. The number of nitrogens with zero attached hydrogens (tertiary/aromatic N) is 2. The first-order valence-electron chi connectivity index (χ1n) is 10.5. The first-order chi connectivity index (χ1) is 14.6. The second-order valence-electron chi connectivity index (χ2n) is 7.71. The Kier molecular flexibility index (Phi) is 8.02. The molecule has 1 aromatic carbocycles. The fourth-order valence-corrected chi connectivity index (χ4v) is 3.51. The largest absolute Gasteiger partial charge is 0.439 e. The first kappa shape index (κ1) is 22.0. The normalized spacial score (nSPS) is 15.4. The first-order valence-corrected chi connectivity index (χ1v) is 10.5. The number of guanidine groups is 1. The Balaban J connectivity index is 1.55. The van der Waals surface area contributed by atoms with Crippen LogP contribution < -0.4 is 15.4 Å². The number of aromatic nitrogens is 1. The number of hydrogen-bond acceptors (Lipinski definition) is 4. The highest BCUT2D eigenvalue weighted by Gasteiger charge is 2.36. The molecule has 0 aliphatic heterocycles. The number of hydrogen-bond donors (Lipinski definition) is 2. The van der Waals surface area contributed by atoms with Crippen molar-refractivity contribution in [3.05, 3.63) is 54.0 Å². The van der Waals surface area contributed by atoms with Gasteiger partial charge in [0.05, 0.1) is 6.54 Å². The van der Waals surface area contributed by atoms with E-state index in [4.69, 9.17) is 9.47 Å². The maximum absolute atomic E-state index is 13.3. The molecule has 1 aromatic heterocycles. The Bertz CT molecular complexity index is 822. The molecule has 0 spiro atoms. The van der Waals surface area contributed by atoms with E-state index in [1.54, 1.807) is 31.5 Å². The van der Waals surface area contributed by atoms with Gasteiger partial charge in [0.2, 0.25) is 5.88 Å². The van der Waals surface area contributed by atoms with E-state index in [-0.39, 0.29) is 5.82 Å². The monoisotopic (exact) mass is 414 g/mol. The standard InChI is InChI=1S/C23H31FN4O2/c1-3-25-22(28-17-23(10-5-11-23)12-13-29-2)27-16-18-8-9-21(26-15-18)30-20-7-4-6-19(24)14-20/h4,6-9,14-15H,3,5,10-13,16-17H2,1-2H3,(H2,25,27,28). The summed E-state index contributed by atoms with van der Waals surface area (Å²) in [6.07, 6.45) is 6.56. The maximum atomic E-state index is 13.3. The number of methoxy groups -OCH3 is 1. The molecule has 1 aliphatic rings. The Hall–Kier alpha value is -2.67. The Morgan fingerprint density at radius 1 is 1.23 bits per heavy atom. The number of benzene rings is 1. The molecule has 0 saturated heterocycles. The third-order valence-electron chi connectivity index (χ3n) is 5.46. The molecule has 1 saturated carbocycles. The molecule has 0 atom stereocenters. The predicted molar refractivity (Wildman–Crippen MR) is 116 cm³/mol. The molecule has 162 valence electrons. The topological polar surface area (TPSA) is 67.8 Å². The predicted octanol–water partition coefficient (Wildman–Crippen LogP) is 4.27. The van der Waals surface area contributed by atoms with Gasteiger partial charge in [0.1, 0.15) is 11.6 Å². The van der Waals surface area contributed by atoms with Gasteiger partial charge >= 0.3 is 0 Å². The summed E-state index contributed by atoms with van der Waals surface area (Å²) in [6, 6.07) is 9.69. The van der Waals surface area contributed by atoms with Crippen molar-refractivity contribution in [2.24, 2.45) is 10.4 Å². The zero-order chi connectivity index (χ0) is 21.2. The summed E-state index contributed by atoms with van der Waals surface area (Å²) in [5.74, 6) is 1.31. The minimum absolute atomic E-state index is 0.323. The third kappa shape index (κ3) is 6.42. The fraction of sp³-hybridized carbons (Fsp3) is 0.478. The number of rotatable bonds is 10. The average Bonchev–Trinajstić information content (AvgIpc) is 2.72. The molecule has 1 aliphatic carbocycles. The lowest BCUT2D eigenvalue weighted by molar-refractivity contribution is 0.0732. The molecule has 0 bridgehead atoms. The zero-order valence-corrected chi connectivity index (χ0v) is 17.8. The van der Waals surface area contributed by atoms with Crippen LogP contribution in [0.15, 0.2) is 47.6 Å². The second kappa shape index (κ2) is 10.9. The highest BCUT2D eigenvalue weighted by molar-refractivity contribution is 5.79. The van der Waals surface area contributed by atoms with Crippen LogP contribution in [0.2, 0.25) is 0 Å². The van der Waals surface area contributed by atoms with Crippen LogP contribution in [0.1, 0.15) is 38.2 Å². The summed E-state index contributed by atoms with van der Waals surface area (Å²) in [5, 5.41) is 6.80. The highest BCUT2D eigenvalue weighted by atomic mass is 19.1. The lowest BCUT2D eigenvalue weighted by Crippen LogP contribution is -2.46. The summed E-state index contributed by atoms with van der Waals surface area (Å²) >= 11 is 0. The van der Waals surface area contributed by atoms with Gasteiger partial charge in [0, 0.05) is 45.1 Å². The average molecular weight is 415 g/mol. The highest BCUT2D eigenvalue weighted by Crippen LogP contribution is 2.43. The smallest absolute Gasteiger partial charge is 0.219 e.